The molecule has 470 valence electrons. The van der Waals surface area contributed by atoms with Crippen LogP contribution in [-0.2, 0) is 79.0 Å². The van der Waals surface area contributed by atoms with Crippen LogP contribution in [0.3, 0.4) is 0 Å². The van der Waals surface area contributed by atoms with Crippen LogP contribution in [0.4, 0.5) is 24.7 Å². The molecule has 2 aliphatic heterocycles. The first kappa shape index (κ1) is 67.1. The molecule has 0 radical (unpaired) electrons. The summed E-state index contributed by atoms with van der Waals surface area (Å²) in [6.45, 7) is 4.99. The van der Waals surface area contributed by atoms with Crippen LogP contribution < -0.4 is 19.7 Å². The van der Waals surface area contributed by atoms with E-state index in [0.29, 0.717) is 120 Å². The molecule has 1 amide bonds. The van der Waals surface area contributed by atoms with Gasteiger partial charge in [-0.1, -0.05) is 17.3 Å². The average molecular weight is 1270 g/mol. The molecule has 5 aromatic rings. The maximum atomic E-state index is 13.6. The quantitative estimate of drug-likeness (QED) is 0.0108. The Morgan fingerprint density at radius 1 is 0.765 bits per heavy atom. The van der Waals surface area contributed by atoms with Crippen molar-refractivity contribution >= 4 is 61.2 Å². The van der Waals surface area contributed by atoms with Crippen LogP contribution in [0.25, 0.3) is 11.0 Å². The van der Waals surface area contributed by atoms with E-state index >= 15 is 0 Å². The minimum atomic E-state index is -4.91. The summed E-state index contributed by atoms with van der Waals surface area (Å²) < 4.78 is 131. The Morgan fingerprint density at radius 2 is 1.35 bits per heavy atom. The molecule has 2 aliphatic rings. The predicted octanol–water partition coefficient (Wildman–Crippen LogP) is 2.23. The molecule has 36 heteroatoms. The minimum absolute atomic E-state index is 0.0657. The number of para-hydroxylation sites is 2. The monoisotopic (exact) mass is 1270 g/mol. The van der Waals surface area contributed by atoms with Gasteiger partial charge in [-0.05, 0) is 23.7 Å². The molecule has 0 aliphatic carbocycles. The summed E-state index contributed by atoms with van der Waals surface area (Å²) in [5.41, 5.74) is 1.21. The number of benzene rings is 2. The number of rotatable bonds is 40. The van der Waals surface area contributed by atoms with E-state index in [1.165, 1.54) is 6.20 Å². The van der Waals surface area contributed by atoms with E-state index in [1.807, 2.05) is 0 Å². The number of nitrogens with zero attached hydrogens (tertiary/aromatic N) is 8. The Morgan fingerprint density at radius 3 is 1.99 bits per heavy atom. The number of aliphatic hydroxyl groups is 2. The van der Waals surface area contributed by atoms with Crippen LogP contribution in [-0.4, -0.2) is 221 Å². The first-order valence-corrected chi connectivity index (χ1v) is 30.3. The Kier molecular flexibility index (Phi) is 26.6. The molecule has 85 heavy (non-hydrogen) atoms. The molecule has 5 atom stereocenters. The van der Waals surface area contributed by atoms with Crippen molar-refractivity contribution in [3.63, 3.8) is 0 Å². The standard InChI is InChI=1S/C49H65ClF3N9O21P2/c50-49-56-45(35-25-54-62(46(35)57-49)48-43(65)42(64)40(82-48)30-81-85(70,71)31-84(67,68)69)60-26-32(27-60)47(66)55-38-3-1-2-4-39(38)80-22-21-78-18-17-76-15-16-77-19-20-79-29-34-28-61(59-58-34)6-8-73-10-12-75-14-13-74-11-9-72-7-5-41(63)83-44-36(52)23-33(51)24-37(44)53/h1-4,23-25,28,32,40,42-43,48,64-65H,5-22,26-27,29-31H2,(H,55,66)(H,70,71)(H2,67,68,69)/t40-,42-,43-,48-/m1/s1. The van der Waals surface area contributed by atoms with Crippen LogP contribution >= 0.6 is 26.8 Å². The van der Waals surface area contributed by atoms with Crippen LogP contribution in [0.15, 0.2) is 48.8 Å². The van der Waals surface area contributed by atoms with Crippen molar-refractivity contribution in [3.05, 3.63) is 77.2 Å². The molecule has 0 bridgehead atoms. The number of anilines is 2. The molecule has 2 fully saturated rings. The van der Waals surface area contributed by atoms with Gasteiger partial charge >= 0.3 is 21.2 Å². The number of carbonyl (C=O) groups is 2. The highest BCUT2D eigenvalue weighted by Crippen LogP contribution is 2.55. The lowest BCUT2D eigenvalue weighted by Gasteiger charge is -2.39. The molecule has 2 saturated heterocycles. The molecule has 6 N–H and O–H groups in total. The van der Waals surface area contributed by atoms with Gasteiger partial charge in [0.1, 0.15) is 48.0 Å². The fraction of sp³-hybridized carbons (Fsp3) is 0.571. The van der Waals surface area contributed by atoms with Crippen molar-refractivity contribution in [3.8, 4) is 11.5 Å². The van der Waals surface area contributed by atoms with Gasteiger partial charge in [0.2, 0.25) is 16.9 Å². The summed E-state index contributed by atoms with van der Waals surface area (Å²) in [6, 6.07) is 7.78. The minimum Gasteiger partial charge on any atom is -0.489 e. The van der Waals surface area contributed by atoms with E-state index in [2.05, 4.69) is 35.4 Å². The molecule has 0 saturated carbocycles. The number of hydrogen-bond donors (Lipinski definition) is 6. The number of hydrogen-bond acceptors (Lipinski definition) is 24. The number of fused-ring (bicyclic) bond motifs is 1. The van der Waals surface area contributed by atoms with Gasteiger partial charge in [0.25, 0.3) is 0 Å². The van der Waals surface area contributed by atoms with Gasteiger partial charge in [0.15, 0.2) is 29.4 Å². The normalized spacial score (nSPS) is 18.0. The van der Waals surface area contributed by atoms with Gasteiger partial charge in [-0.25, -0.2) is 22.5 Å². The molecular formula is C49H65ClF3N9O21P2. The SMILES string of the molecule is O=C(CCOCCOCCOCCOCCn1cc(COCCOCCOCCOCCOc2ccccc2NC(=O)C2CN(c3nc(Cl)nc4c3cnn4[C@@H]3O[C@H](COP(=O)(O)CP(=O)(O)O)[C@@H](O)[C@H]3O)C2)nn1)Oc1c(F)cc(F)cc1F. The number of aromatic nitrogens is 7. The fourth-order valence-corrected chi connectivity index (χ4v) is 10.7. The van der Waals surface area contributed by atoms with Gasteiger partial charge in [-0.3, -0.25) is 18.7 Å². The van der Waals surface area contributed by atoms with Crippen LogP contribution in [0.1, 0.15) is 18.3 Å². The van der Waals surface area contributed by atoms with Crippen molar-refractivity contribution < 1.29 is 113 Å². The third kappa shape index (κ3) is 21.8. The van der Waals surface area contributed by atoms with Crippen molar-refractivity contribution in [1.82, 2.24) is 34.7 Å². The van der Waals surface area contributed by atoms with Crippen LogP contribution in [0.5, 0.6) is 11.5 Å². The van der Waals surface area contributed by atoms with Crippen LogP contribution in [0.2, 0.25) is 5.28 Å². The van der Waals surface area contributed by atoms with Crippen molar-refractivity contribution in [2.45, 2.75) is 44.1 Å². The second-order valence-corrected chi connectivity index (χ2v) is 22.9. The van der Waals surface area contributed by atoms with Gasteiger partial charge < -0.3 is 91.7 Å². The summed E-state index contributed by atoms with van der Waals surface area (Å²) in [6.07, 6.45) is -3.20. The lowest BCUT2D eigenvalue weighted by molar-refractivity contribution is -0.136. The van der Waals surface area contributed by atoms with Crippen molar-refractivity contribution in [2.24, 2.45) is 5.92 Å². The number of halogens is 4. The summed E-state index contributed by atoms with van der Waals surface area (Å²) in [4.78, 5) is 63.4. The van der Waals surface area contributed by atoms with E-state index in [-0.39, 0.29) is 76.0 Å². The van der Waals surface area contributed by atoms with E-state index in [0.717, 1.165) is 4.68 Å². The maximum absolute atomic E-state index is 13.6. The number of aliphatic hydroxyl groups excluding tert-OH is 2. The Hall–Kier alpha value is -5.39. The number of ether oxygens (including phenoxy) is 11. The molecule has 1 unspecified atom stereocenters. The highest BCUT2D eigenvalue weighted by atomic mass is 35.5. The topological polar surface area (TPSA) is 370 Å². The summed E-state index contributed by atoms with van der Waals surface area (Å²) in [5, 5.41) is 36.9. The lowest BCUT2D eigenvalue weighted by Crippen LogP contribution is -2.52. The maximum Gasteiger partial charge on any atom is 0.340 e. The first-order chi connectivity index (χ1) is 40.8. The molecule has 5 heterocycles. The number of esters is 1. The van der Waals surface area contributed by atoms with Crippen molar-refractivity contribution in [1.29, 1.82) is 0 Å². The lowest BCUT2D eigenvalue weighted by atomic mass is 9.98. The summed E-state index contributed by atoms with van der Waals surface area (Å²) >= 11 is 6.30. The van der Waals surface area contributed by atoms with Gasteiger partial charge in [-0.2, -0.15) is 15.1 Å². The zero-order valence-electron chi connectivity index (χ0n) is 45.5. The second-order valence-electron chi connectivity index (χ2n) is 18.6. The Bertz CT molecular complexity index is 3000. The van der Waals surface area contributed by atoms with Gasteiger partial charge in [-0.15, -0.1) is 5.10 Å². The third-order valence-corrected chi connectivity index (χ3v) is 15.8. The zero-order chi connectivity index (χ0) is 60.8. The van der Waals surface area contributed by atoms with E-state index in [9.17, 15) is 47.0 Å². The number of carbonyl (C=O) groups excluding carboxylic acids is 2. The summed E-state index contributed by atoms with van der Waals surface area (Å²) in [7, 11) is -9.69. The van der Waals surface area contributed by atoms with Crippen molar-refractivity contribution in [2.75, 3.05) is 142 Å². The number of amides is 1. The molecule has 7 rings (SSSR count). The number of nitrogens with one attached hydrogen (secondary N) is 1. The van der Waals surface area contributed by atoms with Gasteiger partial charge in [0.05, 0.1) is 155 Å². The molecule has 3 aromatic heterocycles. The Balaban J connectivity index is 0.654. The van der Waals surface area contributed by atoms with E-state index < -0.39 is 87.3 Å². The summed E-state index contributed by atoms with van der Waals surface area (Å²) in [5.74, 6) is -7.08. The van der Waals surface area contributed by atoms with E-state index in [1.54, 1.807) is 40.0 Å². The highest BCUT2D eigenvalue weighted by molar-refractivity contribution is 7.70. The second kappa shape index (κ2) is 33.7. The largest absolute Gasteiger partial charge is 0.489 e. The first-order valence-electron chi connectivity index (χ1n) is 26.4. The molecule has 2 aromatic carbocycles. The van der Waals surface area contributed by atoms with Gasteiger partial charge in [0, 0.05) is 25.2 Å². The highest BCUT2D eigenvalue weighted by Gasteiger charge is 2.46. The van der Waals surface area contributed by atoms with E-state index in [4.69, 9.17) is 73.3 Å². The molecular weight excluding hydrogens is 1200 g/mol. The molecule has 0 spiro atoms. The predicted molar refractivity (Wildman–Crippen MR) is 287 cm³/mol. The zero-order valence-corrected chi connectivity index (χ0v) is 48.1. The smallest absolute Gasteiger partial charge is 0.340 e. The van der Waals surface area contributed by atoms with Crippen LogP contribution in [0, 0.1) is 23.4 Å². The fourth-order valence-electron chi connectivity index (χ4n) is 8.02. The molecule has 30 nitrogen and oxygen atoms in total. The Labute approximate surface area is 488 Å². The average Bonchev–Trinajstić information content (AvgIpc) is 2.11. The third-order valence-electron chi connectivity index (χ3n) is 12.1.